The lowest BCUT2D eigenvalue weighted by atomic mass is 9.86. The molecule has 0 aliphatic heterocycles. The molecule has 1 aliphatic rings. The molecule has 2 rings (SSSR count). The monoisotopic (exact) mass is 205 g/mol. The molecule has 0 saturated carbocycles. The quantitative estimate of drug-likeness (QED) is 0.413. The molecular weight excluding hydrogens is 194 g/mol. The van der Waals surface area contributed by atoms with Crippen molar-refractivity contribution in [2.24, 2.45) is 5.11 Å². The number of phenolic OH excluding ortho intramolecular Hbond substituents is 1. The van der Waals surface area contributed by atoms with Crippen LogP contribution in [0.1, 0.15) is 11.1 Å². The Balaban J connectivity index is 2.37. The molecule has 1 aromatic carbocycles. The zero-order valence-corrected chi connectivity index (χ0v) is 8.04. The van der Waals surface area contributed by atoms with Gasteiger partial charge in [-0.2, -0.15) is 0 Å². The highest BCUT2D eigenvalue weighted by molar-refractivity contribution is 5.42. The van der Waals surface area contributed by atoms with E-state index in [0.717, 1.165) is 11.1 Å². The molecule has 5 heteroatoms. The number of hydrogen-bond acceptors (Lipinski definition) is 3. The molecule has 2 atom stereocenters. The zero-order valence-electron chi connectivity index (χ0n) is 8.04. The van der Waals surface area contributed by atoms with Gasteiger partial charge in [0, 0.05) is 11.3 Å². The highest BCUT2D eigenvalue weighted by atomic mass is 16.3. The maximum absolute atomic E-state index is 9.70. The van der Waals surface area contributed by atoms with E-state index >= 15 is 0 Å². The Morgan fingerprint density at radius 1 is 1.40 bits per heavy atom. The summed E-state index contributed by atoms with van der Waals surface area (Å²) >= 11 is 0. The Morgan fingerprint density at radius 3 is 2.93 bits per heavy atom. The van der Waals surface area contributed by atoms with Crippen LogP contribution in [0.15, 0.2) is 23.3 Å². The first-order valence-electron chi connectivity index (χ1n) is 4.74. The summed E-state index contributed by atoms with van der Waals surface area (Å²) in [6.45, 7) is 0. The van der Waals surface area contributed by atoms with Gasteiger partial charge in [-0.25, -0.2) is 0 Å². The van der Waals surface area contributed by atoms with Crippen molar-refractivity contribution >= 4 is 0 Å². The molecule has 78 valence electrons. The van der Waals surface area contributed by atoms with Gasteiger partial charge in [0.1, 0.15) is 5.75 Å². The Bertz CT molecular complexity index is 427. The van der Waals surface area contributed by atoms with Gasteiger partial charge in [-0.05, 0) is 29.1 Å². The summed E-state index contributed by atoms with van der Waals surface area (Å²) in [7, 11) is 0. The number of azide groups is 1. The van der Waals surface area contributed by atoms with Crippen molar-refractivity contribution in [3.63, 3.8) is 0 Å². The number of fused-ring (bicyclic) bond motifs is 1. The van der Waals surface area contributed by atoms with Gasteiger partial charge in [0.05, 0.1) is 12.1 Å². The van der Waals surface area contributed by atoms with Crippen molar-refractivity contribution in [1.29, 1.82) is 0 Å². The predicted octanol–water partition coefficient (Wildman–Crippen LogP) is 1.53. The average molecular weight is 205 g/mol. The zero-order chi connectivity index (χ0) is 10.8. The first kappa shape index (κ1) is 9.83. The van der Waals surface area contributed by atoms with Crippen molar-refractivity contribution < 1.29 is 10.2 Å². The third-order valence-corrected chi connectivity index (χ3v) is 2.73. The van der Waals surface area contributed by atoms with E-state index in [2.05, 4.69) is 10.0 Å². The molecule has 0 heterocycles. The molecule has 0 unspecified atom stereocenters. The van der Waals surface area contributed by atoms with Gasteiger partial charge in [0.2, 0.25) is 0 Å². The van der Waals surface area contributed by atoms with E-state index < -0.39 is 12.1 Å². The van der Waals surface area contributed by atoms with Gasteiger partial charge in [0.25, 0.3) is 0 Å². The van der Waals surface area contributed by atoms with Crippen LogP contribution in [-0.2, 0) is 12.8 Å². The van der Waals surface area contributed by atoms with Crippen molar-refractivity contribution in [1.82, 2.24) is 0 Å². The second kappa shape index (κ2) is 3.81. The summed E-state index contributed by atoms with van der Waals surface area (Å²) in [6, 6.07) is 4.79. The van der Waals surface area contributed by atoms with Gasteiger partial charge in [-0.1, -0.05) is 17.2 Å². The maximum Gasteiger partial charge on any atom is 0.119 e. The van der Waals surface area contributed by atoms with Crippen LogP contribution in [0.5, 0.6) is 5.75 Å². The molecule has 0 saturated heterocycles. The molecule has 2 N–H and O–H groups in total. The van der Waals surface area contributed by atoms with Crippen LogP contribution < -0.4 is 0 Å². The third-order valence-electron chi connectivity index (χ3n) is 2.73. The van der Waals surface area contributed by atoms with Crippen LogP contribution in [0, 0.1) is 0 Å². The fourth-order valence-electron chi connectivity index (χ4n) is 1.94. The second-order valence-corrected chi connectivity index (χ2v) is 3.66. The van der Waals surface area contributed by atoms with Crippen LogP contribution in [0.25, 0.3) is 10.4 Å². The molecule has 0 radical (unpaired) electrons. The summed E-state index contributed by atoms with van der Waals surface area (Å²) in [4.78, 5) is 2.71. The number of hydrogen-bond donors (Lipinski definition) is 2. The summed E-state index contributed by atoms with van der Waals surface area (Å²) < 4.78 is 0. The Morgan fingerprint density at radius 2 is 2.20 bits per heavy atom. The summed E-state index contributed by atoms with van der Waals surface area (Å²) in [6.07, 6.45) is 0.113. The Labute approximate surface area is 86.6 Å². The lowest BCUT2D eigenvalue weighted by Crippen LogP contribution is -2.33. The van der Waals surface area contributed by atoms with Crippen LogP contribution >= 0.6 is 0 Å². The summed E-state index contributed by atoms with van der Waals surface area (Å²) in [5.74, 6) is 0.200. The van der Waals surface area contributed by atoms with Crippen molar-refractivity contribution in [2.75, 3.05) is 0 Å². The molecule has 0 amide bonds. The predicted molar refractivity (Wildman–Crippen MR) is 54.5 cm³/mol. The first-order chi connectivity index (χ1) is 7.22. The minimum Gasteiger partial charge on any atom is -0.508 e. The molecule has 1 aromatic rings. The molecule has 0 fully saturated rings. The number of aliphatic hydroxyl groups is 1. The van der Waals surface area contributed by atoms with Crippen molar-refractivity contribution in [3.8, 4) is 5.75 Å². The van der Waals surface area contributed by atoms with Crippen LogP contribution in [0.2, 0.25) is 0 Å². The van der Waals surface area contributed by atoms with Gasteiger partial charge in [0.15, 0.2) is 0 Å². The first-order valence-corrected chi connectivity index (χ1v) is 4.74. The lowest BCUT2D eigenvalue weighted by molar-refractivity contribution is 0.136. The topological polar surface area (TPSA) is 89.2 Å². The summed E-state index contributed by atoms with van der Waals surface area (Å²) in [5.41, 5.74) is 10.0. The average Bonchev–Trinajstić information content (AvgIpc) is 2.21. The second-order valence-electron chi connectivity index (χ2n) is 3.66. The normalized spacial score (nSPS) is 24.1. The molecule has 1 aliphatic carbocycles. The highest BCUT2D eigenvalue weighted by Crippen LogP contribution is 2.30. The smallest absolute Gasteiger partial charge is 0.119 e. The Hall–Kier alpha value is -1.71. The SMILES string of the molecule is [N-]=[N+]=N[C@@H]1Cc2cccc(O)c2C[C@H]1O. The number of aromatic hydroxyl groups is 1. The van der Waals surface area contributed by atoms with E-state index in [0.29, 0.717) is 12.8 Å². The Kier molecular flexibility index (Phi) is 2.49. The van der Waals surface area contributed by atoms with Crippen molar-refractivity contribution in [2.45, 2.75) is 25.0 Å². The molecule has 0 bridgehead atoms. The van der Waals surface area contributed by atoms with Crippen LogP contribution in [0.4, 0.5) is 0 Å². The molecule has 0 aromatic heterocycles. The lowest BCUT2D eigenvalue weighted by Gasteiger charge is -2.26. The molecule has 15 heavy (non-hydrogen) atoms. The minimum atomic E-state index is -0.707. The van der Waals surface area contributed by atoms with Crippen LogP contribution in [0.3, 0.4) is 0 Å². The van der Waals surface area contributed by atoms with Gasteiger partial charge in [-0.15, -0.1) is 0 Å². The van der Waals surface area contributed by atoms with Crippen molar-refractivity contribution in [3.05, 3.63) is 39.8 Å². The maximum atomic E-state index is 9.70. The fraction of sp³-hybridized carbons (Fsp3) is 0.400. The standard InChI is InChI=1S/C10H11N3O2/c11-13-12-8-4-6-2-1-3-9(14)7(6)5-10(8)15/h1-3,8,10,14-15H,4-5H2/t8-,10-/m1/s1. The highest BCUT2D eigenvalue weighted by Gasteiger charge is 2.27. The molecule has 0 spiro atoms. The van der Waals surface area contributed by atoms with Gasteiger partial charge < -0.3 is 10.2 Å². The number of phenols is 1. The number of aliphatic hydroxyl groups excluding tert-OH is 1. The third kappa shape index (κ3) is 1.75. The minimum absolute atomic E-state index is 0.200. The van der Waals surface area contributed by atoms with Crippen LogP contribution in [-0.4, -0.2) is 22.4 Å². The number of benzene rings is 1. The molecular formula is C10H11N3O2. The van der Waals surface area contributed by atoms with E-state index in [4.69, 9.17) is 5.53 Å². The molecule has 5 nitrogen and oxygen atoms in total. The van der Waals surface area contributed by atoms with Gasteiger partial charge >= 0.3 is 0 Å². The largest absolute Gasteiger partial charge is 0.508 e. The summed E-state index contributed by atoms with van der Waals surface area (Å²) in [5, 5.41) is 22.8. The van der Waals surface area contributed by atoms with Gasteiger partial charge in [-0.3, -0.25) is 0 Å². The van der Waals surface area contributed by atoms with E-state index in [1.165, 1.54) is 0 Å². The fourth-order valence-corrected chi connectivity index (χ4v) is 1.94. The number of rotatable bonds is 1. The van der Waals surface area contributed by atoms with E-state index in [9.17, 15) is 10.2 Å². The number of nitrogens with zero attached hydrogens (tertiary/aromatic N) is 3. The van der Waals surface area contributed by atoms with E-state index in [1.807, 2.05) is 6.07 Å². The van der Waals surface area contributed by atoms with E-state index in [1.54, 1.807) is 12.1 Å². The van der Waals surface area contributed by atoms with E-state index in [-0.39, 0.29) is 5.75 Å².